The summed E-state index contributed by atoms with van der Waals surface area (Å²) in [4.78, 5) is 4.36. The van der Waals surface area contributed by atoms with E-state index < -0.39 is 0 Å². The fourth-order valence-electron chi connectivity index (χ4n) is 2.93. The minimum Gasteiger partial charge on any atom is -0.493 e. The van der Waals surface area contributed by atoms with Crippen molar-refractivity contribution in [2.45, 2.75) is 16.5 Å². The Bertz CT molecular complexity index is 1110. The molecule has 0 saturated heterocycles. The lowest BCUT2D eigenvalue weighted by Gasteiger charge is -2.09. The minimum absolute atomic E-state index is 0.604. The molecule has 2 aromatic heterocycles. The molecule has 31 heavy (non-hydrogen) atoms. The molecule has 0 aliphatic rings. The zero-order chi connectivity index (χ0) is 21.5. The fourth-order valence-corrected chi connectivity index (χ4v) is 4.56. The molecule has 0 radical (unpaired) electrons. The summed E-state index contributed by atoms with van der Waals surface area (Å²) in [6.07, 6.45) is 2.59. The summed E-state index contributed by atoms with van der Waals surface area (Å²) < 4.78 is 17.3. The van der Waals surface area contributed by atoms with Gasteiger partial charge in [0.05, 0.1) is 26.2 Å². The summed E-state index contributed by atoms with van der Waals surface area (Å²) >= 11 is 3.08. The van der Waals surface area contributed by atoms with Gasteiger partial charge in [0.15, 0.2) is 21.6 Å². The molecule has 1 N–H and O–H groups in total. The highest BCUT2D eigenvalue weighted by Gasteiger charge is 2.10. The van der Waals surface area contributed by atoms with Gasteiger partial charge in [0.25, 0.3) is 0 Å². The maximum absolute atomic E-state index is 5.84. The van der Waals surface area contributed by atoms with Crippen molar-refractivity contribution in [1.82, 2.24) is 15.2 Å². The minimum atomic E-state index is 0.604. The number of oxazole rings is 1. The highest BCUT2D eigenvalue weighted by Crippen LogP contribution is 2.30. The molecule has 0 atom stereocenters. The summed E-state index contributed by atoms with van der Waals surface area (Å²) in [5.74, 6) is 3.50. The van der Waals surface area contributed by atoms with Crippen LogP contribution in [0.5, 0.6) is 11.5 Å². The van der Waals surface area contributed by atoms with Gasteiger partial charge >= 0.3 is 0 Å². The molecule has 7 nitrogen and oxygen atoms in total. The van der Waals surface area contributed by atoms with Gasteiger partial charge in [-0.1, -0.05) is 59.5 Å². The Labute approximate surface area is 188 Å². The van der Waals surface area contributed by atoms with Crippen molar-refractivity contribution in [3.8, 4) is 22.8 Å². The van der Waals surface area contributed by atoms with Gasteiger partial charge in [-0.3, -0.25) is 0 Å². The first-order valence-corrected chi connectivity index (χ1v) is 11.5. The molecule has 160 valence electrons. The van der Waals surface area contributed by atoms with Crippen LogP contribution >= 0.6 is 23.1 Å². The number of rotatable bonds is 10. The van der Waals surface area contributed by atoms with Gasteiger partial charge in [0.2, 0.25) is 11.0 Å². The first-order valence-electron chi connectivity index (χ1n) is 9.66. The largest absolute Gasteiger partial charge is 0.493 e. The van der Waals surface area contributed by atoms with Gasteiger partial charge in [-0.05, 0) is 24.1 Å². The lowest BCUT2D eigenvalue weighted by molar-refractivity contribution is 0.354. The number of hydrogen-bond acceptors (Lipinski definition) is 9. The number of aromatic nitrogens is 3. The molecular formula is C22H22N4O3S2. The van der Waals surface area contributed by atoms with E-state index in [0.717, 1.165) is 50.8 Å². The molecule has 0 unspecified atom stereocenters. The maximum atomic E-state index is 5.84. The van der Waals surface area contributed by atoms with Crippen LogP contribution in [0, 0.1) is 0 Å². The van der Waals surface area contributed by atoms with Crippen LogP contribution in [0.25, 0.3) is 11.3 Å². The van der Waals surface area contributed by atoms with Gasteiger partial charge in [0.1, 0.15) is 0 Å². The third-order valence-corrected chi connectivity index (χ3v) is 6.47. The average molecular weight is 455 g/mol. The van der Waals surface area contributed by atoms with E-state index in [2.05, 4.69) is 20.5 Å². The van der Waals surface area contributed by atoms with Gasteiger partial charge < -0.3 is 19.2 Å². The number of hydrogen-bond donors (Lipinski definition) is 1. The highest BCUT2D eigenvalue weighted by molar-refractivity contribution is 8.00. The predicted octanol–water partition coefficient (Wildman–Crippen LogP) is 5.16. The number of ether oxygens (including phenoxy) is 2. The van der Waals surface area contributed by atoms with Gasteiger partial charge in [-0.15, -0.1) is 10.2 Å². The Kier molecular flexibility index (Phi) is 7.06. The number of benzene rings is 2. The summed E-state index contributed by atoms with van der Waals surface area (Å²) in [6, 6.07) is 15.9. The molecule has 0 aliphatic carbocycles. The third kappa shape index (κ3) is 5.56. The van der Waals surface area contributed by atoms with Crippen molar-refractivity contribution < 1.29 is 13.9 Å². The van der Waals surface area contributed by atoms with Crippen LogP contribution in [0.2, 0.25) is 0 Å². The van der Waals surface area contributed by atoms with E-state index in [0.29, 0.717) is 11.6 Å². The van der Waals surface area contributed by atoms with E-state index in [-0.39, 0.29) is 0 Å². The zero-order valence-electron chi connectivity index (χ0n) is 17.2. The van der Waals surface area contributed by atoms with Crippen molar-refractivity contribution in [1.29, 1.82) is 0 Å². The number of thioether (sulfide) groups is 1. The van der Waals surface area contributed by atoms with Crippen molar-refractivity contribution in [3.05, 3.63) is 66.2 Å². The van der Waals surface area contributed by atoms with Crippen LogP contribution < -0.4 is 14.8 Å². The number of anilines is 1. The zero-order valence-corrected chi connectivity index (χ0v) is 18.8. The fraction of sp³-hybridized carbons (Fsp3) is 0.227. The van der Waals surface area contributed by atoms with Crippen LogP contribution in [0.3, 0.4) is 0 Å². The van der Waals surface area contributed by atoms with E-state index in [1.165, 1.54) is 11.3 Å². The lowest BCUT2D eigenvalue weighted by Crippen LogP contribution is -2.04. The Balaban J connectivity index is 1.26. The standard InChI is InChI=1S/C22H22N4O3S2/c1-27-17-9-8-15(12-18(17)28-2)10-11-23-21-25-26-22(31-21)30-14-20-24-13-19(29-20)16-6-4-3-5-7-16/h3-9,12-13H,10-11,14H2,1-2H3,(H,23,25). The maximum Gasteiger partial charge on any atom is 0.206 e. The highest BCUT2D eigenvalue weighted by atomic mass is 32.2. The Morgan fingerprint density at radius 2 is 1.87 bits per heavy atom. The van der Waals surface area contributed by atoms with Crippen LogP contribution in [0.4, 0.5) is 5.13 Å². The second-order valence-corrected chi connectivity index (χ2v) is 8.71. The molecule has 0 aliphatic heterocycles. The Hall–Kier alpha value is -3.04. The summed E-state index contributed by atoms with van der Waals surface area (Å²) in [5, 5.41) is 12.6. The first kappa shape index (κ1) is 21.2. The van der Waals surface area contributed by atoms with E-state index in [1.54, 1.807) is 32.2 Å². The number of nitrogens with zero attached hydrogens (tertiary/aromatic N) is 3. The topological polar surface area (TPSA) is 82.3 Å². The van der Waals surface area contributed by atoms with Crippen LogP contribution in [-0.4, -0.2) is 35.9 Å². The molecule has 4 aromatic rings. The van der Waals surface area contributed by atoms with Gasteiger partial charge in [-0.2, -0.15) is 0 Å². The molecule has 0 spiro atoms. The van der Waals surface area contributed by atoms with Crippen LogP contribution in [0.1, 0.15) is 11.5 Å². The molecule has 0 fully saturated rings. The van der Waals surface area contributed by atoms with E-state index in [4.69, 9.17) is 13.9 Å². The molecule has 9 heteroatoms. The Morgan fingerprint density at radius 3 is 2.68 bits per heavy atom. The predicted molar refractivity (Wildman–Crippen MR) is 123 cm³/mol. The van der Waals surface area contributed by atoms with Gasteiger partial charge in [0, 0.05) is 12.1 Å². The Morgan fingerprint density at radius 1 is 1.03 bits per heavy atom. The second kappa shape index (κ2) is 10.3. The van der Waals surface area contributed by atoms with E-state index in [1.807, 2.05) is 48.5 Å². The van der Waals surface area contributed by atoms with Crippen molar-refractivity contribution >= 4 is 28.2 Å². The normalized spacial score (nSPS) is 10.8. The van der Waals surface area contributed by atoms with Crippen molar-refractivity contribution in [2.24, 2.45) is 0 Å². The average Bonchev–Trinajstić information content (AvgIpc) is 3.48. The molecule has 4 rings (SSSR count). The van der Waals surface area contributed by atoms with Crippen molar-refractivity contribution in [3.63, 3.8) is 0 Å². The summed E-state index contributed by atoms with van der Waals surface area (Å²) in [6.45, 7) is 0.745. The second-order valence-electron chi connectivity index (χ2n) is 6.51. The molecule has 2 heterocycles. The van der Waals surface area contributed by atoms with E-state index in [9.17, 15) is 0 Å². The van der Waals surface area contributed by atoms with Crippen LogP contribution in [-0.2, 0) is 12.2 Å². The van der Waals surface area contributed by atoms with Gasteiger partial charge in [-0.25, -0.2) is 4.98 Å². The summed E-state index contributed by atoms with van der Waals surface area (Å²) in [5.41, 5.74) is 2.17. The molecule has 0 bridgehead atoms. The third-order valence-electron chi connectivity index (χ3n) is 4.48. The molecule has 0 amide bonds. The number of methoxy groups -OCH3 is 2. The number of nitrogens with one attached hydrogen (secondary N) is 1. The van der Waals surface area contributed by atoms with Crippen LogP contribution in [0.15, 0.2) is 63.5 Å². The molecule has 2 aromatic carbocycles. The first-order chi connectivity index (χ1) is 15.2. The van der Waals surface area contributed by atoms with Crippen molar-refractivity contribution in [2.75, 3.05) is 26.1 Å². The van der Waals surface area contributed by atoms with E-state index >= 15 is 0 Å². The molecule has 0 saturated carbocycles. The lowest BCUT2D eigenvalue weighted by atomic mass is 10.1. The molecular weight excluding hydrogens is 432 g/mol. The monoisotopic (exact) mass is 454 g/mol. The smallest absolute Gasteiger partial charge is 0.206 e. The quantitative estimate of drug-likeness (QED) is 0.329. The summed E-state index contributed by atoms with van der Waals surface area (Å²) in [7, 11) is 3.27. The SMILES string of the molecule is COc1ccc(CCNc2nnc(SCc3ncc(-c4ccccc4)o3)s2)cc1OC.